The Bertz CT molecular complexity index is 472. The molecule has 1 aliphatic heterocycles. The molecule has 0 aliphatic carbocycles. The monoisotopic (exact) mass is 284 g/mol. The van der Waals surface area contributed by atoms with Gasteiger partial charge in [-0.1, -0.05) is 11.3 Å². The number of nitrogens with one attached hydrogen (secondary N) is 1. The molecule has 1 saturated heterocycles. The maximum atomic E-state index is 12.4. The van der Waals surface area contributed by atoms with Crippen molar-refractivity contribution in [3.63, 3.8) is 0 Å². The van der Waals surface area contributed by atoms with E-state index in [-0.39, 0.29) is 11.7 Å². The fourth-order valence-corrected chi connectivity index (χ4v) is 3.17. The molecule has 0 aromatic carbocycles. The van der Waals surface area contributed by atoms with Crippen molar-refractivity contribution in [1.29, 1.82) is 0 Å². The van der Waals surface area contributed by atoms with Crippen LogP contribution in [0.2, 0.25) is 0 Å². The van der Waals surface area contributed by atoms with Crippen molar-refractivity contribution in [3.05, 3.63) is 4.88 Å². The van der Waals surface area contributed by atoms with Crippen molar-refractivity contribution in [2.45, 2.75) is 32.3 Å². The molecule has 1 amide bonds. The summed E-state index contributed by atoms with van der Waals surface area (Å²) in [5.74, 6) is 0.121. The van der Waals surface area contributed by atoms with Crippen molar-refractivity contribution < 1.29 is 9.90 Å². The van der Waals surface area contributed by atoms with Crippen LogP contribution >= 0.6 is 11.3 Å². The van der Waals surface area contributed by atoms with Gasteiger partial charge in [-0.2, -0.15) is 0 Å². The zero-order valence-corrected chi connectivity index (χ0v) is 12.1. The quantitative estimate of drug-likeness (QED) is 0.774. The lowest BCUT2D eigenvalue weighted by Gasteiger charge is -2.36. The molecule has 1 atom stereocenters. The smallest absolute Gasteiger partial charge is 0.267 e. The van der Waals surface area contributed by atoms with E-state index < -0.39 is 5.60 Å². The lowest BCUT2D eigenvalue weighted by molar-refractivity contribution is -0.0105. The van der Waals surface area contributed by atoms with Crippen LogP contribution in [0.5, 0.6) is 0 Å². The third-order valence-corrected chi connectivity index (χ3v) is 4.15. The van der Waals surface area contributed by atoms with E-state index in [1.54, 1.807) is 11.8 Å². The topological polar surface area (TPSA) is 91.5 Å². The van der Waals surface area contributed by atoms with Gasteiger partial charge in [-0.05, 0) is 26.7 Å². The standard InChI is InChI=1S/C12H20N4O2S/c1-3-14-11-15-9(13)8(19-11)10(17)16-6-4-5-12(2,18)7-16/h18H,3-7,13H2,1-2H3,(H,14,15). The van der Waals surface area contributed by atoms with Gasteiger partial charge in [0.2, 0.25) is 0 Å². The van der Waals surface area contributed by atoms with Crippen LogP contribution in [0.4, 0.5) is 10.9 Å². The number of nitrogens with two attached hydrogens (primary N) is 1. The number of carbonyl (C=O) groups is 1. The minimum absolute atomic E-state index is 0.140. The zero-order valence-electron chi connectivity index (χ0n) is 11.3. The molecule has 7 heteroatoms. The summed E-state index contributed by atoms with van der Waals surface area (Å²) < 4.78 is 0. The van der Waals surface area contributed by atoms with E-state index >= 15 is 0 Å². The van der Waals surface area contributed by atoms with E-state index in [9.17, 15) is 9.90 Å². The van der Waals surface area contributed by atoms with Crippen LogP contribution in [0.25, 0.3) is 0 Å². The molecule has 4 N–H and O–H groups in total. The number of carbonyl (C=O) groups excluding carboxylic acids is 1. The minimum atomic E-state index is -0.808. The Morgan fingerprint density at radius 1 is 1.68 bits per heavy atom. The van der Waals surface area contributed by atoms with Gasteiger partial charge in [0.05, 0.1) is 5.60 Å². The van der Waals surface area contributed by atoms with Crippen LogP contribution in [0.1, 0.15) is 36.4 Å². The number of nitrogen functional groups attached to an aromatic ring is 1. The van der Waals surface area contributed by atoms with Gasteiger partial charge >= 0.3 is 0 Å². The van der Waals surface area contributed by atoms with Crippen LogP contribution in [-0.2, 0) is 0 Å². The van der Waals surface area contributed by atoms with Gasteiger partial charge < -0.3 is 21.1 Å². The first-order valence-electron chi connectivity index (χ1n) is 6.45. The summed E-state index contributed by atoms with van der Waals surface area (Å²) in [5.41, 5.74) is 4.99. The van der Waals surface area contributed by atoms with Crippen molar-refractivity contribution in [3.8, 4) is 0 Å². The number of β-amino-alcohol motifs (C(OH)–C–C–N with tert-alkyl or cyclic N) is 1. The zero-order chi connectivity index (χ0) is 14.0. The molecule has 1 aliphatic rings. The van der Waals surface area contributed by atoms with Gasteiger partial charge in [0, 0.05) is 19.6 Å². The molecule has 2 heterocycles. The fraction of sp³-hybridized carbons (Fsp3) is 0.667. The number of likely N-dealkylation sites (tertiary alicyclic amines) is 1. The van der Waals surface area contributed by atoms with Crippen LogP contribution in [0.3, 0.4) is 0 Å². The molecular weight excluding hydrogens is 264 g/mol. The van der Waals surface area contributed by atoms with E-state index in [1.165, 1.54) is 11.3 Å². The summed E-state index contributed by atoms with van der Waals surface area (Å²) in [4.78, 5) is 18.6. The van der Waals surface area contributed by atoms with Gasteiger partial charge in [0.25, 0.3) is 5.91 Å². The molecular formula is C12H20N4O2S. The molecule has 106 valence electrons. The van der Waals surface area contributed by atoms with E-state index in [2.05, 4.69) is 10.3 Å². The Morgan fingerprint density at radius 3 is 3.05 bits per heavy atom. The average Bonchev–Trinajstić information content (AvgIpc) is 2.68. The Labute approximate surface area is 116 Å². The Morgan fingerprint density at radius 2 is 2.42 bits per heavy atom. The number of piperidine rings is 1. The highest BCUT2D eigenvalue weighted by atomic mass is 32.1. The maximum absolute atomic E-state index is 12.4. The Kier molecular flexibility index (Phi) is 3.96. The van der Waals surface area contributed by atoms with E-state index in [1.807, 2.05) is 6.92 Å². The van der Waals surface area contributed by atoms with Gasteiger partial charge in [-0.25, -0.2) is 4.98 Å². The fourth-order valence-electron chi connectivity index (χ4n) is 2.25. The summed E-state index contributed by atoms with van der Waals surface area (Å²) in [7, 11) is 0. The molecule has 0 spiro atoms. The summed E-state index contributed by atoms with van der Waals surface area (Å²) in [6.45, 7) is 5.45. The molecule has 1 fully saturated rings. The molecule has 1 unspecified atom stereocenters. The number of anilines is 2. The average molecular weight is 284 g/mol. The van der Waals surface area contributed by atoms with Crippen molar-refractivity contribution >= 4 is 28.2 Å². The highest BCUT2D eigenvalue weighted by Crippen LogP contribution is 2.28. The van der Waals surface area contributed by atoms with E-state index in [0.29, 0.717) is 23.1 Å². The largest absolute Gasteiger partial charge is 0.388 e. The molecule has 0 saturated carbocycles. The van der Waals surface area contributed by atoms with Crippen molar-refractivity contribution in [2.24, 2.45) is 0 Å². The lowest BCUT2D eigenvalue weighted by Crippen LogP contribution is -2.48. The first kappa shape index (κ1) is 14.1. The molecule has 1 aromatic rings. The molecule has 6 nitrogen and oxygen atoms in total. The minimum Gasteiger partial charge on any atom is -0.388 e. The second kappa shape index (κ2) is 5.34. The number of aliphatic hydroxyl groups is 1. The highest BCUT2D eigenvalue weighted by Gasteiger charge is 2.32. The van der Waals surface area contributed by atoms with Gasteiger partial charge in [0.15, 0.2) is 5.13 Å². The first-order valence-corrected chi connectivity index (χ1v) is 7.26. The summed E-state index contributed by atoms with van der Waals surface area (Å²) in [6.07, 6.45) is 1.52. The SMILES string of the molecule is CCNc1nc(N)c(C(=O)N2CCCC(C)(O)C2)s1. The van der Waals surface area contributed by atoms with Gasteiger partial charge in [-0.15, -0.1) is 0 Å². The summed E-state index contributed by atoms with van der Waals surface area (Å²) in [6, 6.07) is 0. The van der Waals surface area contributed by atoms with E-state index in [4.69, 9.17) is 5.73 Å². The normalized spacial score (nSPS) is 23.4. The predicted molar refractivity (Wildman–Crippen MR) is 76.5 cm³/mol. The summed E-state index contributed by atoms with van der Waals surface area (Å²) >= 11 is 1.27. The van der Waals surface area contributed by atoms with Crippen LogP contribution in [0, 0.1) is 0 Å². The van der Waals surface area contributed by atoms with Crippen LogP contribution in [-0.4, -0.2) is 46.1 Å². The van der Waals surface area contributed by atoms with E-state index in [0.717, 1.165) is 19.4 Å². The lowest BCUT2D eigenvalue weighted by atomic mass is 9.95. The molecule has 0 radical (unpaired) electrons. The van der Waals surface area contributed by atoms with Crippen LogP contribution in [0.15, 0.2) is 0 Å². The Hall–Kier alpha value is -1.34. The molecule has 19 heavy (non-hydrogen) atoms. The molecule has 2 rings (SSSR count). The highest BCUT2D eigenvalue weighted by molar-refractivity contribution is 7.18. The van der Waals surface area contributed by atoms with Crippen LogP contribution < -0.4 is 11.1 Å². The number of hydrogen-bond donors (Lipinski definition) is 3. The van der Waals surface area contributed by atoms with Gasteiger partial charge in [-0.3, -0.25) is 4.79 Å². The number of nitrogens with zero attached hydrogens (tertiary/aromatic N) is 2. The number of rotatable bonds is 3. The second-order valence-corrected chi connectivity index (χ2v) is 6.09. The second-order valence-electron chi connectivity index (χ2n) is 5.09. The van der Waals surface area contributed by atoms with Crippen molar-refractivity contribution in [1.82, 2.24) is 9.88 Å². The Balaban J connectivity index is 2.15. The first-order chi connectivity index (χ1) is 8.93. The summed E-state index contributed by atoms with van der Waals surface area (Å²) in [5, 5.41) is 13.8. The third kappa shape index (κ3) is 3.16. The predicted octanol–water partition coefficient (Wildman–Crippen LogP) is 1.14. The number of hydrogen-bond acceptors (Lipinski definition) is 6. The molecule has 0 bridgehead atoms. The van der Waals surface area contributed by atoms with Crippen molar-refractivity contribution in [2.75, 3.05) is 30.7 Å². The number of aromatic nitrogens is 1. The van der Waals surface area contributed by atoms with Gasteiger partial charge in [0.1, 0.15) is 10.7 Å². The number of amides is 1. The molecule has 1 aromatic heterocycles. The number of thiazole rings is 1. The maximum Gasteiger partial charge on any atom is 0.267 e. The third-order valence-electron chi connectivity index (χ3n) is 3.14.